The van der Waals surface area contributed by atoms with Crippen LogP contribution in [0.4, 0.5) is 0 Å². The van der Waals surface area contributed by atoms with Gasteiger partial charge in [-0.25, -0.2) is 0 Å². The number of halogens is 1. The second kappa shape index (κ2) is 15.2. The zero-order valence-corrected chi connectivity index (χ0v) is 21.3. The molecule has 29 heavy (non-hydrogen) atoms. The Morgan fingerprint density at radius 2 is 1.86 bits per heavy atom. The van der Waals surface area contributed by atoms with Gasteiger partial charge in [0.15, 0.2) is 5.96 Å². The highest BCUT2D eigenvalue weighted by molar-refractivity contribution is 14.0. The molecule has 0 saturated carbocycles. The number of hydrogen-bond acceptors (Lipinski definition) is 4. The molecule has 1 fully saturated rings. The molecule has 0 unspecified atom stereocenters. The quantitative estimate of drug-likeness (QED) is 0.189. The van der Waals surface area contributed by atoms with Crippen LogP contribution < -0.4 is 15.4 Å². The standard InChI is InChI=1S/C22H37N3O2S.HI/c1-4-23-21(25-18-22(28-5-2)13-16-27-17-14-22)24-15-7-6-8-19-9-11-20(26-3)12-10-19;/h9-12H,4-8,13-18H2,1-3H3,(H2,23,24,25);1H. The van der Waals surface area contributed by atoms with E-state index in [-0.39, 0.29) is 28.7 Å². The van der Waals surface area contributed by atoms with Crippen LogP contribution in [-0.4, -0.2) is 56.4 Å². The van der Waals surface area contributed by atoms with E-state index in [2.05, 4.69) is 36.6 Å². The number of benzene rings is 1. The number of nitrogens with zero attached hydrogens (tertiary/aromatic N) is 1. The van der Waals surface area contributed by atoms with E-state index >= 15 is 0 Å². The van der Waals surface area contributed by atoms with Crippen LogP contribution in [0.25, 0.3) is 0 Å². The molecule has 0 aromatic heterocycles. The fourth-order valence-corrected chi connectivity index (χ4v) is 4.64. The minimum atomic E-state index is 0. The van der Waals surface area contributed by atoms with Crippen molar-refractivity contribution < 1.29 is 9.47 Å². The van der Waals surface area contributed by atoms with Crippen LogP contribution in [0.1, 0.15) is 45.1 Å². The zero-order valence-electron chi connectivity index (χ0n) is 18.2. The van der Waals surface area contributed by atoms with E-state index in [1.54, 1.807) is 7.11 Å². The number of aliphatic imine (C=N–C) groups is 1. The van der Waals surface area contributed by atoms with Gasteiger partial charge in [-0.1, -0.05) is 19.1 Å². The van der Waals surface area contributed by atoms with Gasteiger partial charge in [0.2, 0.25) is 0 Å². The van der Waals surface area contributed by atoms with Gasteiger partial charge in [-0.15, -0.1) is 24.0 Å². The first-order valence-electron chi connectivity index (χ1n) is 10.6. The summed E-state index contributed by atoms with van der Waals surface area (Å²) in [4.78, 5) is 4.91. The molecule has 2 rings (SSSR count). The molecule has 166 valence electrons. The maximum absolute atomic E-state index is 5.57. The third-order valence-electron chi connectivity index (χ3n) is 5.07. The number of aryl methyl sites for hydroxylation is 1. The van der Waals surface area contributed by atoms with Crippen molar-refractivity contribution in [2.75, 3.05) is 45.7 Å². The minimum absolute atomic E-state index is 0. The Morgan fingerprint density at radius 1 is 1.14 bits per heavy atom. The average molecular weight is 536 g/mol. The molecule has 0 aliphatic carbocycles. The van der Waals surface area contributed by atoms with Gasteiger partial charge < -0.3 is 20.1 Å². The fourth-order valence-electron chi connectivity index (χ4n) is 3.42. The van der Waals surface area contributed by atoms with Crippen molar-refractivity contribution in [1.82, 2.24) is 10.6 Å². The van der Waals surface area contributed by atoms with Crippen molar-refractivity contribution in [3.05, 3.63) is 29.8 Å². The molecule has 2 N–H and O–H groups in total. The van der Waals surface area contributed by atoms with Crippen LogP contribution in [-0.2, 0) is 11.2 Å². The van der Waals surface area contributed by atoms with Gasteiger partial charge in [-0.3, -0.25) is 4.99 Å². The van der Waals surface area contributed by atoms with Gasteiger partial charge in [0.1, 0.15) is 5.75 Å². The van der Waals surface area contributed by atoms with Crippen LogP contribution in [0.15, 0.2) is 29.3 Å². The summed E-state index contributed by atoms with van der Waals surface area (Å²) < 4.78 is 11.0. The van der Waals surface area contributed by atoms with Gasteiger partial charge in [-0.05, 0) is 62.5 Å². The van der Waals surface area contributed by atoms with Crippen LogP contribution in [0.2, 0.25) is 0 Å². The number of rotatable bonds is 11. The summed E-state index contributed by atoms with van der Waals surface area (Å²) in [5, 5.41) is 6.89. The second-order valence-corrected chi connectivity index (χ2v) is 8.89. The van der Waals surface area contributed by atoms with Crippen molar-refractivity contribution >= 4 is 41.7 Å². The topological polar surface area (TPSA) is 54.9 Å². The summed E-state index contributed by atoms with van der Waals surface area (Å²) >= 11 is 2.04. The van der Waals surface area contributed by atoms with E-state index in [0.29, 0.717) is 0 Å². The summed E-state index contributed by atoms with van der Waals surface area (Å²) in [6.45, 7) is 8.75. The second-order valence-electron chi connectivity index (χ2n) is 7.16. The molecule has 0 amide bonds. The molecule has 0 radical (unpaired) electrons. The Kier molecular flexibility index (Phi) is 13.8. The molecule has 1 aliphatic heterocycles. The Labute approximate surface area is 198 Å². The van der Waals surface area contributed by atoms with Crippen molar-refractivity contribution in [3.8, 4) is 5.75 Å². The van der Waals surface area contributed by atoms with Gasteiger partial charge in [0, 0.05) is 31.1 Å². The lowest BCUT2D eigenvalue weighted by atomic mass is 9.99. The largest absolute Gasteiger partial charge is 0.497 e. The first kappa shape index (κ1) is 26.4. The van der Waals surface area contributed by atoms with E-state index in [1.165, 1.54) is 5.56 Å². The lowest BCUT2D eigenvalue weighted by Crippen LogP contribution is -2.41. The third kappa shape index (κ3) is 9.79. The Balaban J connectivity index is 0.00000420. The van der Waals surface area contributed by atoms with Gasteiger partial charge in [-0.2, -0.15) is 11.8 Å². The molecule has 1 heterocycles. The monoisotopic (exact) mass is 535 g/mol. The van der Waals surface area contributed by atoms with Gasteiger partial charge >= 0.3 is 0 Å². The van der Waals surface area contributed by atoms with Crippen LogP contribution in [0.3, 0.4) is 0 Å². The summed E-state index contributed by atoms with van der Waals surface area (Å²) in [5.41, 5.74) is 1.36. The molecule has 0 spiro atoms. The highest BCUT2D eigenvalue weighted by Gasteiger charge is 2.32. The molecule has 1 aromatic rings. The molecular formula is C22H38IN3O2S. The Hall–Kier alpha value is -0.670. The lowest BCUT2D eigenvalue weighted by molar-refractivity contribution is 0.0793. The predicted octanol–water partition coefficient (Wildman–Crippen LogP) is 4.49. The molecule has 1 saturated heterocycles. The van der Waals surface area contributed by atoms with E-state index in [0.717, 1.165) is 82.4 Å². The highest BCUT2D eigenvalue weighted by atomic mass is 127. The number of ether oxygens (including phenoxy) is 2. The van der Waals surface area contributed by atoms with Crippen molar-refractivity contribution in [2.45, 2.75) is 50.7 Å². The zero-order chi connectivity index (χ0) is 20.1. The fraction of sp³-hybridized carbons (Fsp3) is 0.682. The van der Waals surface area contributed by atoms with Gasteiger partial charge in [0.05, 0.1) is 13.7 Å². The average Bonchev–Trinajstić information content (AvgIpc) is 2.73. The summed E-state index contributed by atoms with van der Waals surface area (Å²) in [7, 11) is 1.70. The number of thioether (sulfide) groups is 1. The van der Waals surface area contributed by atoms with E-state index in [9.17, 15) is 0 Å². The van der Waals surface area contributed by atoms with E-state index in [1.807, 2.05) is 23.9 Å². The first-order valence-corrected chi connectivity index (χ1v) is 11.6. The van der Waals surface area contributed by atoms with E-state index < -0.39 is 0 Å². The maximum atomic E-state index is 5.57. The molecule has 0 bridgehead atoms. The minimum Gasteiger partial charge on any atom is -0.497 e. The molecule has 7 heteroatoms. The number of hydrogen-bond donors (Lipinski definition) is 2. The first-order chi connectivity index (χ1) is 13.7. The number of methoxy groups -OCH3 is 1. The SMILES string of the molecule is CCNC(=NCC1(SCC)CCOCC1)NCCCCc1ccc(OC)cc1.I. The maximum Gasteiger partial charge on any atom is 0.191 e. The normalized spacial score (nSPS) is 16.0. The Bertz CT molecular complexity index is 572. The number of guanidine groups is 1. The predicted molar refractivity (Wildman–Crippen MR) is 136 cm³/mol. The van der Waals surface area contributed by atoms with Gasteiger partial charge in [0.25, 0.3) is 0 Å². The molecule has 1 aliphatic rings. The summed E-state index contributed by atoms with van der Waals surface area (Å²) in [6, 6.07) is 8.36. The number of unbranched alkanes of at least 4 members (excludes halogenated alkanes) is 1. The Morgan fingerprint density at radius 3 is 2.48 bits per heavy atom. The third-order valence-corrected chi connectivity index (χ3v) is 6.51. The van der Waals surface area contributed by atoms with E-state index in [4.69, 9.17) is 14.5 Å². The van der Waals surface area contributed by atoms with Crippen LogP contribution in [0.5, 0.6) is 5.75 Å². The number of nitrogens with one attached hydrogen (secondary N) is 2. The lowest BCUT2D eigenvalue weighted by Gasteiger charge is -2.35. The molecular weight excluding hydrogens is 497 g/mol. The van der Waals surface area contributed by atoms with Crippen LogP contribution in [0, 0.1) is 0 Å². The smallest absolute Gasteiger partial charge is 0.191 e. The highest BCUT2D eigenvalue weighted by Crippen LogP contribution is 2.35. The summed E-state index contributed by atoms with van der Waals surface area (Å²) in [5.74, 6) is 2.99. The van der Waals surface area contributed by atoms with Crippen LogP contribution >= 0.6 is 35.7 Å². The van der Waals surface area contributed by atoms with Crippen molar-refractivity contribution in [2.24, 2.45) is 4.99 Å². The summed E-state index contributed by atoms with van der Waals surface area (Å²) in [6.07, 6.45) is 5.56. The van der Waals surface area contributed by atoms with Crippen molar-refractivity contribution in [1.29, 1.82) is 0 Å². The molecule has 5 nitrogen and oxygen atoms in total. The van der Waals surface area contributed by atoms with Crippen molar-refractivity contribution in [3.63, 3.8) is 0 Å². The molecule has 0 atom stereocenters. The molecule has 1 aromatic carbocycles.